The standard InChI is InChI=1S/C21H22BrClN2O3/c22-17-3-1-16(2-4-17)21(27)25-12-9-15(10-13-25)20(26)24-11-14-28-19-7-5-18(23)6-8-19/h1-8,15H,9-14H2,(H,24,26). The topological polar surface area (TPSA) is 58.6 Å². The number of benzene rings is 2. The maximum absolute atomic E-state index is 12.5. The van der Waals surface area contributed by atoms with Gasteiger partial charge in [0.05, 0.1) is 6.54 Å². The highest BCUT2D eigenvalue weighted by molar-refractivity contribution is 9.10. The smallest absolute Gasteiger partial charge is 0.253 e. The fourth-order valence-electron chi connectivity index (χ4n) is 3.14. The lowest BCUT2D eigenvalue weighted by Crippen LogP contribution is -2.43. The van der Waals surface area contributed by atoms with Crippen molar-refractivity contribution in [2.45, 2.75) is 12.8 Å². The molecule has 0 bridgehead atoms. The minimum absolute atomic E-state index is 0.0164. The van der Waals surface area contributed by atoms with Crippen molar-refractivity contribution in [1.82, 2.24) is 10.2 Å². The summed E-state index contributed by atoms with van der Waals surface area (Å²) in [6, 6.07) is 14.5. The van der Waals surface area contributed by atoms with Gasteiger partial charge in [0.25, 0.3) is 5.91 Å². The van der Waals surface area contributed by atoms with Gasteiger partial charge < -0.3 is 15.0 Å². The quantitative estimate of drug-likeness (QED) is 0.652. The van der Waals surface area contributed by atoms with Crippen LogP contribution in [0.2, 0.25) is 5.02 Å². The highest BCUT2D eigenvalue weighted by Gasteiger charge is 2.27. The molecule has 0 aliphatic carbocycles. The maximum atomic E-state index is 12.5. The first-order valence-corrected chi connectivity index (χ1v) is 10.4. The van der Waals surface area contributed by atoms with Gasteiger partial charge in [-0.3, -0.25) is 9.59 Å². The van der Waals surface area contributed by atoms with Crippen LogP contribution in [0, 0.1) is 5.92 Å². The zero-order chi connectivity index (χ0) is 19.9. The molecule has 5 nitrogen and oxygen atoms in total. The molecule has 148 valence electrons. The second-order valence-electron chi connectivity index (χ2n) is 6.67. The fraction of sp³-hybridized carbons (Fsp3) is 0.333. The summed E-state index contributed by atoms with van der Waals surface area (Å²) in [4.78, 5) is 26.7. The Morgan fingerprint density at radius 2 is 1.71 bits per heavy atom. The molecule has 7 heteroatoms. The Kier molecular flexibility index (Phi) is 7.34. The van der Waals surface area contributed by atoms with Gasteiger partial charge in [0.15, 0.2) is 0 Å². The van der Waals surface area contributed by atoms with Crippen LogP contribution in [0.4, 0.5) is 0 Å². The zero-order valence-electron chi connectivity index (χ0n) is 15.4. The highest BCUT2D eigenvalue weighted by Crippen LogP contribution is 2.20. The van der Waals surface area contributed by atoms with E-state index in [2.05, 4.69) is 21.2 Å². The summed E-state index contributed by atoms with van der Waals surface area (Å²) in [6.45, 7) is 2.02. The predicted octanol–water partition coefficient (Wildman–Crippen LogP) is 4.15. The molecule has 0 radical (unpaired) electrons. The van der Waals surface area contributed by atoms with Crippen LogP contribution in [0.15, 0.2) is 53.0 Å². The molecule has 3 rings (SSSR count). The molecule has 1 saturated heterocycles. The average Bonchev–Trinajstić information content (AvgIpc) is 2.72. The van der Waals surface area contributed by atoms with Gasteiger partial charge in [0.1, 0.15) is 12.4 Å². The molecule has 28 heavy (non-hydrogen) atoms. The number of rotatable bonds is 6. The summed E-state index contributed by atoms with van der Waals surface area (Å²) in [5.41, 5.74) is 0.672. The first kappa shape index (κ1) is 20.7. The number of carbonyl (C=O) groups is 2. The lowest BCUT2D eigenvalue weighted by atomic mass is 9.95. The minimum atomic E-state index is -0.0653. The number of nitrogens with one attached hydrogen (secondary N) is 1. The molecule has 1 aliphatic heterocycles. The Morgan fingerprint density at radius 3 is 2.36 bits per heavy atom. The average molecular weight is 466 g/mol. The Labute approximate surface area is 178 Å². The molecule has 1 N–H and O–H groups in total. The van der Waals surface area contributed by atoms with Gasteiger partial charge in [0.2, 0.25) is 5.91 Å². The molecular formula is C21H22BrClN2O3. The second-order valence-corrected chi connectivity index (χ2v) is 8.02. The third-order valence-corrected chi connectivity index (χ3v) is 5.51. The van der Waals surface area contributed by atoms with E-state index in [0.29, 0.717) is 49.7 Å². The lowest BCUT2D eigenvalue weighted by molar-refractivity contribution is -0.126. The maximum Gasteiger partial charge on any atom is 0.253 e. The minimum Gasteiger partial charge on any atom is -0.492 e. The van der Waals surface area contributed by atoms with Crippen molar-refractivity contribution in [2.24, 2.45) is 5.92 Å². The summed E-state index contributed by atoms with van der Waals surface area (Å²) in [6.07, 6.45) is 1.35. The number of likely N-dealkylation sites (tertiary alicyclic amines) is 1. The van der Waals surface area contributed by atoms with Gasteiger partial charge in [-0.25, -0.2) is 0 Å². The van der Waals surface area contributed by atoms with Crippen molar-refractivity contribution in [1.29, 1.82) is 0 Å². The van der Waals surface area contributed by atoms with E-state index in [1.54, 1.807) is 24.3 Å². The third-order valence-electron chi connectivity index (χ3n) is 4.73. The van der Waals surface area contributed by atoms with Crippen molar-refractivity contribution < 1.29 is 14.3 Å². The van der Waals surface area contributed by atoms with Gasteiger partial charge >= 0.3 is 0 Å². The summed E-state index contributed by atoms with van der Waals surface area (Å²) in [7, 11) is 0. The number of carbonyl (C=O) groups excluding carboxylic acids is 2. The van der Waals surface area contributed by atoms with Crippen LogP contribution in [0.1, 0.15) is 23.2 Å². The summed E-state index contributed by atoms with van der Waals surface area (Å²) >= 11 is 9.20. The molecule has 2 aromatic rings. The molecule has 1 aliphatic rings. The molecule has 1 heterocycles. The van der Waals surface area contributed by atoms with Gasteiger partial charge in [-0.1, -0.05) is 27.5 Å². The molecular weight excluding hydrogens is 444 g/mol. The zero-order valence-corrected chi connectivity index (χ0v) is 17.7. The van der Waals surface area contributed by atoms with Crippen molar-refractivity contribution >= 4 is 39.3 Å². The monoisotopic (exact) mass is 464 g/mol. The molecule has 0 aromatic heterocycles. The molecule has 2 amide bonds. The van der Waals surface area contributed by atoms with Crippen molar-refractivity contribution in [3.63, 3.8) is 0 Å². The molecule has 0 atom stereocenters. The van der Waals surface area contributed by atoms with Gasteiger partial charge in [0, 0.05) is 34.1 Å². The number of ether oxygens (including phenoxy) is 1. The van der Waals surface area contributed by atoms with Crippen LogP contribution < -0.4 is 10.1 Å². The van der Waals surface area contributed by atoms with Crippen molar-refractivity contribution in [2.75, 3.05) is 26.2 Å². The van der Waals surface area contributed by atoms with E-state index in [9.17, 15) is 9.59 Å². The van der Waals surface area contributed by atoms with Crippen LogP contribution >= 0.6 is 27.5 Å². The summed E-state index contributed by atoms with van der Waals surface area (Å²) in [5, 5.41) is 3.58. The van der Waals surface area contributed by atoms with E-state index in [1.807, 2.05) is 29.2 Å². The normalized spacial score (nSPS) is 14.6. The van der Waals surface area contributed by atoms with Crippen LogP contribution in [0.25, 0.3) is 0 Å². The van der Waals surface area contributed by atoms with E-state index < -0.39 is 0 Å². The number of amides is 2. The van der Waals surface area contributed by atoms with E-state index in [1.165, 1.54) is 0 Å². The summed E-state index contributed by atoms with van der Waals surface area (Å²) < 4.78 is 6.52. The van der Waals surface area contributed by atoms with Gasteiger partial charge in [-0.05, 0) is 61.4 Å². The number of nitrogens with zero attached hydrogens (tertiary/aromatic N) is 1. The Morgan fingerprint density at radius 1 is 1.07 bits per heavy atom. The van der Waals surface area contributed by atoms with E-state index >= 15 is 0 Å². The number of piperidine rings is 1. The molecule has 1 fully saturated rings. The molecule has 0 spiro atoms. The lowest BCUT2D eigenvalue weighted by Gasteiger charge is -2.31. The second kappa shape index (κ2) is 9.94. The number of halogens is 2. The Bertz CT molecular complexity index is 803. The highest BCUT2D eigenvalue weighted by atomic mass is 79.9. The molecule has 2 aromatic carbocycles. The number of hydrogen-bond acceptors (Lipinski definition) is 3. The SMILES string of the molecule is O=C(NCCOc1ccc(Cl)cc1)C1CCN(C(=O)c2ccc(Br)cc2)CC1. The van der Waals surface area contributed by atoms with Crippen LogP contribution in [0.3, 0.4) is 0 Å². The first-order chi connectivity index (χ1) is 13.5. The number of hydrogen-bond donors (Lipinski definition) is 1. The van der Waals surface area contributed by atoms with Gasteiger partial charge in [-0.2, -0.15) is 0 Å². The van der Waals surface area contributed by atoms with E-state index in [-0.39, 0.29) is 17.7 Å². The predicted molar refractivity (Wildman–Crippen MR) is 113 cm³/mol. The largest absolute Gasteiger partial charge is 0.492 e. The van der Waals surface area contributed by atoms with Crippen LogP contribution in [-0.4, -0.2) is 43.0 Å². The van der Waals surface area contributed by atoms with E-state index in [0.717, 1.165) is 10.2 Å². The van der Waals surface area contributed by atoms with Crippen LogP contribution in [-0.2, 0) is 4.79 Å². The van der Waals surface area contributed by atoms with Crippen molar-refractivity contribution in [3.05, 3.63) is 63.6 Å². The van der Waals surface area contributed by atoms with Crippen molar-refractivity contribution in [3.8, 4) is 5.75 Å². The van der Waals surface area contributed by atoms with Crippen LogP contribution in [0.5, 0.6) is 5.75 Å². The molecule has 0 unspecified atom stereocenters. The fourth-order valence-corrected chi connectivity index (χ4v) is 3.53. The Balaban J connectivity index is 1.38. The van der Waals surface area contributed by atoms with E-state index in [4.69, 9.17) is 16.3 Å². The summed E-state index contributed by atoms with van der Waals surface area (Å²) in [5.74, 6) is 0.695. The van der Waals surface area contributed by atoms with Gasteiger partial charge in [-0.15, -0.1) is 0 Å². The molecule has 0 saturated carbocycles. The first-order valence-electron chi connectivity index (χ1n) is 9.24. The Hall–Kier alpha value is -2.05. The third kappa shape index (κ3) is 5.72.